The van der Waals surface area contributed by atoms with Gasteiger partial charge in [0.05, 0.1) is 7.11 Å². The van der Waals surface area contributed by atoms with Crippen molar-refractivity contribution in [3.05, 3.63) is 108 Å². The van der Waals surface area contributed by atoms with Gasteiger partial charge in [0.15, 0.2) is 0 Å². The molecule has 0 atom stereocenters. The third-order valence-electron chi connectivity index (χ3n) is 4.63. The van der Waals surface area contributed by atoms with Gasteiger partial charge in [0, 0.05) is 24.9 Å². The van der Waals surface area contributed by atoms with E-state index in [0.717, 1.165) is 29.9 Å². The van der Waals surface area contributed by atoms with Gasteiger partial charge in [-0.15, -0.1) is 0 Å². The second-order valence-corrected chi connectivity index (χ2v) is 6.73. The van der Waals surface area contributed by atoms with Crippen LogP contribution in [0.25, 0.3) is 5.57 Å². The van der Waals surface area contributed by atoms with Crippen molar-refractivity contribution in [3.8, 4) is 0 Å². The van der Waals surface area contributed by atoms with Crippen molar-refractivity contribution < 1.29 is 9.53 Å². The number of carbonyl (C=O) groups excluding carboxylic acids is 1. The summed E-state index contributed by atoms with van der Waals surface area (Å²) in [5, 5.41) is 0. The van der Waals surface area contributed by atoms with Crippen molar-refractivity contribution in [2.24, 2.45) is 0 Å². The molecule has 3 nitrogen and oxygen atoms in total. The number of hydrogen-bond acceptors (Lipinski definition) is 3. The van der Waals surface area contributed by atoms with Crippen LogP contribution in [0.2, 0.25) is 0 Å². The predicted octanol–water partition coefficient (Wildman–Crippen LogP) is 5.47. The summed E-state index contributed by atoms with van der Waals surface area (Å²) in [7, 11) is 1.39. The van der Waals surface area contributed by atoms with Crippen LogP contribution in [0.4, 0.5) is 5.69 Å². The monoisotopic (exact) mass is 371 g/mol. The second kappa shape index (κ2) is 9.56. The van der Waals surface area contributed by atoms with E-state index in [9.17, 15) is 4.79 Å². The van der Waals surface area contributed by atoms with E-state index in [4.69, 9.17) is 4.74 Å². The Morgan fingerprint density at radius 2 is 1.43 bits per heavy atom. The summed E-state index contributed by atoms with van der Waals surface area (Å²) >= 11 is 0. The number of benzene rings is 3. The van der Waals surface area contributed by atoms with Crippen molar-refractivity contribution in [1.82, 2.24) is 0 Å². The minimum absolute atomic E-state index is 0.340. The van der Waals surface area contributed by atoms with Crippen molar-refractivity contribution in [2.45, 2.75) is 20.0 Å². The van der Waals surface area contributed by atoms with Crippen LogP contribution < -0.4 is 4.90 Å². The van der Waals surface area contributed by atoms with E-state index in [1.807, 2.05) is 31.2 Å². The molecule has 0 N–H and O–H groups in total. The van der Waals surface area contributed by atoms with Crippen LogP contribution in [0.15, 0.2) is 91.0 Å². The van der Waals surface area contributed by atoms with Crippen LogP contribution in [0.5, 0.6) is 0 Å². The molecular weight excluding hydrogens is 346 g/mol. The molecule has 3 aromatic carbocycles. The fourth-order valence-corrected chi connectivity index (χ4v) is 3.11. The fraction of sp³-hybridized carbons (Fsp3) is 0.160. The molecule has 28 heavy (non-hydrogen) atoms. The lowest BCUT2D eigenvalue weighted by Gasteiger charge is -2.26. The van der Waals surface area contributed by atoms with E-state index < -0.39 is 0 Å². The molecule has 3 rings (SSSR count). The molecule has 0 bridgehead atoms. The van der Waals surface area contributed by atoms with Crippen molar-refractivity contribution in [1.29, 1.82) is 0 Å². The van der Waals surface area contributed by atoms with Crippen LogP contribution in [0.1, 0.15) is 23.6 Å². The smallest absolute Gasteiger partial charge is 0.330 e. The number of rotatable bonds is 7. The highest BCUT2D eigenvalue weighted by atomic mass is 16.5. The molecule has 0 heterocycles. The van der Waals surface area contributed by atoms with Crippen molar-refractivity contribution in [2.75, 3.05) is 12.0 Å². The molecule has 0 unspecified atom stereocenters. The zero-order chi connectivity index (χ0) is 19.8. The quantitative estimate of drug-likeness (QED) is 0.407. The van der Waals surface area contributed by atoms with Crippen LogP contribution in [-0.2, 0) is 22.6 Å². The molecule has 0 saturated carbocycles. The molecule has 3 aromatic rings. The fourth-order valence-electron chi connectivity index (χ4n) is 3.11. The summed E-state index contributed by atoms with van der Waals surface area (Å²) in [6.45, 7) is 3.53. The van der Waals surface area contributed by atoms with Gasteiger partial charge in [0.1, 0.15) is 0 Å². The van der Waals surface area contributed by atoms with Crippen LogP contribution in [0, 0.1) is 0 Å². The first kappa shape index (κ1) is 19.4. The van der Waals surface area contributed by atoms with Gasteiger partial charge in [-0.05, 0) is 41.3 Å². The highest BCUT2D eigenvalue weighted by molar-refractivity contribution is 5.91. The zero-order valence-corrected chi connectivity index (χ0v) is 16.3. The van der Waals surface area contributed by atoms with Gasteiger partial charge in [-0.2, -0.15) is 0 Å². The Morgan fingerprint density at radius 1 is 0.857 bits per heavy atom. The number of anilines is 1. The molecule has 142 valence electrons. The first-order valence-corrected chi connectivity index (χ1v) is 9.35. The van der Waals surface area contributed by atoms with Crippen molar-refractivity contribution in [3.63, 3.8) is 0 Å². The molecule has 0 aliphatic rings. The lowest BCUT2D eigenvalue weighted by Crippen LogP contribution is -2.22. The zero-order valence-electron chi connectivity index (χ0n) is 16.3. The number of ether oxygens (including phenoxy) is 1. The summed E-state index contributed by atoms with van der Waals surface area (Å²) in [5.74, 6) is -0.340. The minimum atomic E-state index is -0.340. The second-order valence-electron chi connectivity index (χ2n) is 6.73. The highest BCUT2D eigenvalue weighted by Crippen LogP contribution is 2.25. The number of esters is 1. The number of carbonyl (C=O) groups is 1. The topological polar surface area (TPSA) is 29.5 Å². The third-order valence-corrected chi connectivity index (χ3v) is 4.63. The average Bonchev–Trinajstić information content (AvgIpc) is 2.74. The van der Waals surface area contributed by atoms with Crippen molar-refractivity contribution >= 4 is 17.2 Å². The third kappa shape index (κ3) is 5.34. The summed E-state index contributed by atoms with van der Waals surface area (Å²) in [5.41, 5.74) is 5.52. The summed E-state index contributed by atoms with van der Waals surface area (Å²) < 4.78 is 4.75. The summed E-state index contributed by atoms with van der Waals surface area (Å²) in [6, 6.07) is 29.2. The van der Waals surface area contributed by atoms with Gasteiger partial charge in [-0.25, -0.2) is 4.79 Å². The van der Waals surface area contributed by atoms with E-state index in [1.165, 1.54) is 24.3 Å². The Morgan fingerprint density at radius 3 is 1.96 bits per heavy atom. The molecular formula is C25H25NO2. The van der Waals surface area contributed by atoms with Gasteiger partial charge in [-0.1, -0.05) is 72.8 Å². The van der Waals surface area contributed by atoms with Crippen LogP contribution in [-0.4, -0.2) is 13.1 Å². The molecule has 0 aromatic heterocycles. The molecule has 3 heteroatoms. The first-order valence-electron chi connectivity index (χ1n) is 9.35. The Bertz CT molecular complexity index is 892. The summed E-state index contributed by atoms with van der Waals surface area (Å²) in [6.07, 6.45) is 1.53. The SMILES string of the molecule is COC(=O)C=C(C)c1cccc(N(Cc2ccccc2)Cc2ccccc2)c1. The summed E-state index contributed by atoms with van der Waals surface area (Å²) in [4.78, 5) is 13.9. The van der Waals surface area contributed by atoms with E-state index in [1.54, 1.807) is 0 Å². The molecule has 0 fully saturated rings. The van der Waals surface area contributed by atoms with Gasteiger partial charge in [0.2, 0.25) is 0 Å². The van der Waals surface area contributed by atoms with Crippen LogP contribution >= 0.6 is 0 Å². The number of nitrogens with zero attached hydrogens (tertiary/aromatic N) is 1. The number of methoxy groups -OCH3 is 1. The molecule has 0 aliphatic heterocycles. The van der Waals surface area contributed by atoms with E-state index in [-0.39, 0.29) is 5.97 Å². The highest BCUT2D eigenvalue weighted by Gasteiger charge is 2.10. The lowest BCUT2D eigenvalue weighted by molar-refractivity contribution is -0.134. The number of hydrogen-bond donors (Lipinski definition) is 0. The van der Waals surface area contributed by atoms with Gasteiger partial charge in [-0.3, -0.25) is 0 Å². The minimum Gasteiger partial charge on any atom is -0.466 e. The Hall–Kier alpha value is -3.33. The predicted molar refractivity (Wildman–Crippen MR) is 115 cm³/mol. The molecule has 0 radical (unpaired) electrons. The number of allylic oxidation sites excluding steroid dienone is 1. The Kier molecular flexibility index (Phi) is 6.64. The maximum Gasteiger partial charge on any atom is 0.330 e. The Labute approximate surface area is 166 Å². The van der Waals surface area contributed by atoms with Gasteiger partial charge >= 0.3 is 5.97 Å². The lowest BCUT2D eigenvalue weighted by atomic mass is 10.1. The molecule has 0 amide bonds. The van der Waals surface area contributed by atoms with E-state index >= 15 is 0 Å². The van der Waals surface area contributed by atoms with E-state index in [2.05, 4.69) is 65.6 Å². The maximum atomic E-state index is 11.6. The normalized spacial score (nSPS) is 11.1. The molecule has 0 saturated heterocycles. The molecule has 0 aliphatic carbocycles. The Balaban J connectivity index is 1.92. The maximum absolute atomic E-state index is 11.6. The van der Waals surface area contributed by atoms with E-state index in [0.29, 0.717) is 0 Å². The average molecular weight is 371 g/mol. The van der Waals surface area contributed by atoms with Crippen LogP contribution in [0.3, 0.4) is 0 Å². The largest absolute Gasteiger partial charge is 0.466 e. The molecule has 0 spiro atoms. The standard InChI is InChI=1S/C25H25NO2/c1-20(16-25(27)28-2)23-14-9-15-24(17-23)26(18-21-10-5-3-6-11-21)19-22-12-7-4-8-13-22/h3-17H,18-19H2,1-2H3. The first-order chi connectivity index (χ1) is 13.7. The van der Waals surface area contributed by atoms with Gasteiger partial charge in [0.25, 0.3) is 0 Å². The van der Waals surface area contributed by atoms with Gasteiger partial charge < -0.3 is 9.64 Å².